The van der Waals surface area contributed by atoms with Crippen molar-refractivity contribution in [1.29, 1.82) is 0 Å². The standard InChI is InChI=1S/C8H14N4O2S/c9-7-3-1-2-4-12(7)15(13,14)8-5-10-6-11-8/h5-7H,1-4,9H2,(H,10,11). The van der Waals surface area contributed by atoms with Crippen LogP contribution < -0.4 is 5.73 Å². The Bertz CT molecular complexity index is 414. The van der Waals surface area contributed by atoms with Crippen molar-refractivity contribution in [1.82, 2.24) is 14.3 Å². The van der Waals surface area contributed by atoms with Crippen LogP contribution in [0.5, 0.6) is 0 Å². The zero-order valence-corrected chi connectivity index (χ0v) is 9.07. The summed E-state index contributed by atoms with van der Waals surface area (Å²) in [6.45, 7) is 0.489. The van der Waals surface area contributed by atoms with Gasteiger partial charge in [0, 0.05) is 6.54 Å². The summed E-state index contributed by atoms with van der Waals surface area (Å²) in [6, 6.07) is 0. The van der Waals surface area contributed by atoms with Gasteiger partial charge in [0.15, 0.2) is 5.03 Å². The van der Waals surface area contributed by atoms with Gasteiger partial charge in [-0.15, -0.1) is 0 Å². The Morgan fingerprint density at radius 2 is 2.33 bits per heavy atom. The predicted molar refractivity (Wildman–Crippen MR) is 54.3 cm³/mol. The second-order valence-electron chi connectivity index (χ2n) is 3.59. The minimum absolute atomic E-state index is 0.111. The molecule has 0 saturated carbocycles. The van der Waals surface area contributed by atoms with Gasteiger partial charge in [0.2, 0.25) is 0 Å². The molecule has 84 valence electrons. The van der Waals surface area contributed by atoms with Gasteiger partial charge in [0.25, 0.3) is 10.0 Å². The number of rotatable bonds is 2. The Hall–Kier alpha value is -0.920. The number of hydrogen-bond donors (Lipinski definition) is 2. The number of H-pyrrole nitrogens is 1. The molecule has 1 aliphatic heterocycles. The summed E-state index contributed by atoms with van der Waals surface area (Å²) in [4.78, 5) is 6.31. The van der Waals surface area contributed by atoms with Crippen molar-refractivity contribution in [3.05, 3.63) is 12.5 Å². The molecular formula is C8H14N4O2S. The van der Waals surface area contributed by atoms with Crippen LogP contribution in [0, 0.1) is 0 Å². The highest BCUT2D eigenvalue weighted by Gasteiger charge is 2.32. The van der Waals surface area contributed by atoms with Crippen LogP contribution in [0.4, 0.5) is 0 Å². The van der Waals surface area contributed by atoms with Gasteiger partial charge in [-0.25, -0.2) is 13.4 Å². The van der Waals surface area contributed by atoms with Crippen LogP contribution in [0.2, 0.25) is 0 Å². The minimum atomic E-state index is -3.48. The molecule has 0 spiro atoms. The number of nitrogens with zero attached hydrogens (tertiary/aromatic N) is 2. The first-order valence-electron chi connectivity index (χ1n) is 4.88. The van der Waals surface area contributed by atoms with Crippen LogP contribution in [-0.2, 0) is 10.0 Å². The lowest BCUT2D eigenvalue weighted by Gasteiger charge is -2.31. The molecule has 1 aromatic rings. The molecule has 1 unspecified atom stereocenters. The monoisotopic (exact) mass is 230 g/mol. The number of sulfonamides is 1. The summed E-state index contributed by atoms with van der Waals surface area (Å²) in [5.74, 6) is 0. The molecule has 1 saturated heterocycles. The number of nitrogens with one attached hydrogen (secondary N) is 1. The molecule has 6 nitrogen and oxygen atoms in total. The van der Waals surface area contributed by atoms with E-state index >= 15 is 0 Å². The van der Waals surface area contributed by atoms with Crippen LogP contribution in [-0.4, -0.2) is 35.4 Å². The lowest BCUT2D eigenvalue weighted by atomic mass is 10.1. The third-order valence-electron chi connectivity index (χ3n) is 2.56. The summed E-state index contributed by atoms with van der Waals surface area (Å²) in [5.41, 5.74) is 5.78. The molecule has 0 aromatic carbocycles. The van der Waals surface area contributed by atoms with Gasteiger partial charge in [0.05, 0.1) is 18.7 Å². The fraction of sp³-hybridized carbons (Fsp3) is 0.625. The highest BCUT2D eigenvalue weighted by atomic mass is 32.2. The molecule has 2 heterocycles. The van der Waals surface area contributed by atoms with E-state index in [0.29, 0.717) is 13.0 Å². The fourth-order valence-electron chi connectivity index (χ4n) is 1.74. The number of hydrogen-bond acceptors (Lipinski definition) is 4. The maximum absolute atomic E-state index is 12.0. The maximum Gasteiger partial charge on any atom is 0.261 e. The van der Waals surface area contributed by atoms with Gasteiger partial charge >= 0.3 is 0 Å². The average Bonchev–Trinajstić information content (AvgIpc) is 2.71. The third kappa shape index (κ3) is 1.90. The lowest BCUT2D eigenvalue weighted by Crippen LogP contribution is -2.48. The van der Waals surface area contributed by atoms with Crippen molar-refractivity contribution in [2.45, 2.75) is 30.5 Å². The van der Waals surface area contributed by atoms with Crippen molar-refractivity contribution in [2.75, 3.05) is 6.54 Å². The predicted octanol–water partition coefficient (Wildman–Crippen LogP) is -0.131. The quantitative estimate of drug-likeness (QED) is 0.740. The van der Waals surface area contributed by atoms with Crippen molar-refractivity contribution < 1.29 is 8.42 Å². The SMILES string of the molecule is NC1CCCCN1S(=O)(=O)c1cnc[nH]1. The number of aromatic amines is 1. The van der Waals surface area contributed by atoms with Crippen LogP contribution >= 0.6 is 0 Å². The second-order valence-corrected chi connectivity index (χ2v) is 5.45. The second kappa shape index (κ2) is 3.92. The number of aromatic nitrogens is 2. The molecule has 1 fully saturated rings. The maximum atomic E-state index is 12.0. The Kier molecular flexibility index (Phi) is 2.76. The summed E-state index contributed by atoms with van der Waals surface area (Å²) in [6.07, 6.45) is 4.80. The number of piperidine rings is 1. The minimum Gasteiger partial charge on any atom is -0.335 e. The first kappa shape index (κ1) is 10.6. The van der Waals surface area contributed by atoms with E-state index in [-0.39, 0.29) is 5.03 Å². The molecule has 7 heteroatoms. The topological polar surface area (TPSA) is 92.1 Å². The summed E-state index contributed by atoms with van der Waals surface area (Å²) >= 11 is 0. The Balaban J connectivity index is 2.29. The number of imidazole rings is 1. The fourth-order valence-corrected chi connectivity index (χ4v) is 3.22. The highest BCUT2D eigenvalue weighted by molar-refractivity contribution is 7.89. The molecule has 1 aromatic heterocycles. The normalized spacial score (nSPS) is 24.2. The van der Waals surface area contributed by atoms with Gasteiger partial charge in [-0.1, -0.05) is 0 Å². The Morgan fingerprint density at radius 1 is 1.53 bits per heavy atom. The zero-order chi connectivity index (χ0) is 10.9. The van der Waals surface area contributed by atoms with Gasteiger partial charge in [-0.05, 0) is 19.3 Å². The van der Waals surface area contributed by atoms with E-state index < -0.39 is 16.2 Å². The third-order valence-corrected chi connectivity index (χ3v) is 4.41. The Labute approximate surface area is 88.5 Å². The molecule has 2 rings (SSSR count). The van der Waals surface area contributed by atoms with Crippen molar-refractivity contribution in [3.8, 4) is 0 Å². The van der Waals surface area contributed by atoms with Crippen molar-refractivity contribution >= 4 is 10.0 Å². The van der Waals surface area contributed by atoms with Gasteiger partial charge in [-0.2, -0.15) is 4.31 Å². The van der Waals surface area contributed by atoms with Crippen LogP contribution in [0.1, 0.15) is 19.3 Å². The van der Waals surface area contributed by atoms with Crippen LogP contribution in [0.3, 0.4) is 0 Å². The molecule has 15 heavy (non-hydrogen) atoms. The van der Waals surface area contributed by atoms with E-state index in [1.165, 1.54) is 16.8 Å². The smallest absolute Gasteiger partial charge is 0.261 e. The van der Waals surface area contributed by atoms with E-state index in [2.05, 4.69) is 9.97 Å². The van der Waals surface area contributed by atoms with Crippen molar-refractivity contribution in [2.24, 2.45) is 5.73 Å². The molecular weight excluding hydrogens is 216 g/mol. The zero-order valence-electron chi connectivity index (χ0n) is 8.26. The van der Waals surface area contributed by atoms with Gasteiger partial charge < -0.3 is 10.7 Å². The van der Waals surface area contributed by atoms with E-state index in [1.807, 2.05) is 0 Å². The van der Waals surface area contributed by atoms with E-state index in [1.54, 1.807) is 0 Å². The highest BCUT2D eigenvalue weighted by Crippen LogP contribution is 2.21. The molecule has 0 radical (unpaired) electrons. The lowest BCUT2D eigenvalue weighted by molar-refractivity contribution is 0.257. The van der Waals surface area contributed by atoms with Gasteiger partial charge in [0.1, 0.15) is 0 Å². The molecule has 3 N–H and O–H groups in total. The first-order valence-corrected chi connectivity index (χ1v) is 6.32. The first-order chi connectivity index (χ1) is 7.12. The average molecular weight is 230 g/mol. The summed E-state index contributed by atoms with van der Waals surface area (Å²) < 4.78 is 25.4. The molecule has 1 atom stereocenters. The molecule has 0 aliphatic carbocycles. The number of nitrogens with two attached hydrogens (primary N) is 1. The van der Waals surface area contributed by atoms with Crippen LogP contribution in [0.15, 0.2) is 17.6 Å². The summed E-state index contributed by atoms with van der Waals surface area (Å²) in [7, 11) is -3.48. The largest absolute Gasteiger partial charge is 0.335 e. The van der Waals surface area contributed by atoms with Crippen LogP contribution in [0.25, 0.3) is 0 Å². The van der Waals surface area contributed by atoms with E-state index in [4.69, 9.17) is 5.73 Å². The molecule has 0 amide bonds. The Morgan fingerprint density at radius 3 is 2.93 bits per heavy atom. The van der Waals surface area contributed by atoms with Gasteiger partial charge in [-0.3, -0.25) is 0 Å². The summed E-state index contributed by atoms with van der Waals surface area (Å²) in [5, 5.41) is 0.111. The molecule has 0 bridgehead atoms. The van der Waals surface area contributed by atoms with E-state index in [9.17, 15) is 8.42 Å². The van der Waals surface area contributed by atoms with E-state index in [0.717, 1.165) is 12.8 Å². The van der Waals surface area contributed by atoms with Crippen molar-refractivity contribution in [3.63, 3.8) is 0 Å². The molecule has 1 aliphatic rings.